The number of amides is 2. The molecule has 5 heteroatoms. The third-order valence-corrected chi connectivity index (χ3v) is 4.33. The monoisotopic (exact) mass is 299 g/mol. The number of aromatic amines is 1. The van der Waals surface area contributed by atoms with Crippen molar-refractivity contribution in [2.75, 3.05) is 21.1 Å². The van der Waals surface area contributed by atoms with Gasteiger partial charge in [0.2, 0.25) is 11.8 Å². The molecule has 1 saturated carbocycles. The number of H-pyrrole nitrogens is 1. The Morgan fingerprint density at radius 3 is 2.59 bits per heavy atom. The van der Waals surface area contributed by atoms with Gasteiger partial charge in [0.15, 0.2) is 0 Å². The molecule has 0 bridgehead atoms. The van der Waals surface area contributed by atoms with E-state index in [4.69, 9.17) is 0 Å². The maximum atomic E-state index is 12.5. The summed E-state index contributed by atoms with van der Waals surface area (Å²) in [7, 11) is 5.28. The third kappa shape index (κ3) is 2.58. The molecular weight excluding hydrogens is 278 g/mol. The molecule has 0 unspecified atom stereocenters. The average molecular weight is 299 g/mol. The van der Waals surface area contributed by atoms with Gasteiger partial charge in [-0.25, -0.2) is 0 Å². The molecule has 1 fully saturated rings. The van der Waals surface area contributed by atoms with Crippen LogP contribution in [0.2, 0.25) is 0 Å². The molecule has 2 aromatic rings. The fourth-order valence-electron chi connectivity index (χ4n) is 2.98. The summed E-state index contributed by atoms with van der Waals surface area (Å²) < 4.78 is 0. The van der Waals surface area contributed by atoms with Crippen LogP contribution in [0.3, 0.4) is 0 Å². The Kier molecular flexibility index (Phi) is 3.64. The van der Waals surface area contributed by atoms with Crippen molar-refractivity contribution < 1.29 is 9.59 Å². The van der Waals surface area contributed by atoms with E-state index < -0.39 is 0 Å². The zero-order chi connectivity index (χ0) is 15.9. The second-order valence-corrected chi connectivity index (χ2v) is 6.23. The lowest BCUT2D eigenvalue weighted by Gasteiger charge is -2.18. The molecule has 5 nitrogen and oxygen atoms in total. The molecule has 22 heavy (non-hydrogen) atoms. The topological polar surface area (TPSA) is 56.4 Å². The van der Waals surface area contributed by atoms with Crippen molar-refractivity contribution in [1.82, 2.24) is 14.8 Å². The van der Waals surface area contributed by atoms with Crippen LogP contribution in [-0.2, 0) is 16.1 Å². The average Bonchev–Trinajstić information content (AvgIpc) is 3.14. The number of hydrogen-bond donors (Lipinski definition) is 1. The predicted octanol–water partition coefficient (Wildman–Crippen LogP) is 1.85. The van der Waals surface area contributed by atoms with Gasteiger partial charge in [-0.2, -0.15) is 0 Å². The molecule has 1 aliphatic rings. The first kappa shape index (κ1) is 14.6. The molecule has 1 aromatic carbocycles. The zero-order valence-electron chi connectivity index (χ0n) is 13.2. The zero-order valence-corrected chi connectivity index (χ0v) is 13.2. The Morgan fingerprint density at radius 2 is 1.86 bits per heavy atom. The number of rotatable bonds is 4. The second kappa shape index (κ2) is 5.48. The van der Waals surface area contributed by atoms with E-state index in [2.05, 4.69) is 4.98 Å². The van der Waals surface area contributed by atoms with Gasteiger partial charge in [0.1, 0.15) is 0 Å². The lowest BCUT2D eigenvalue weighted by molar-refractivity contribution is -0.136. The fourth-order valence-corrected chi connectivity index (χ4v) is 2.98. The summed E-state index contributed by atoms with van der Waals surface area (Å²) in [6.45, 7) is 0.563. The van der Waals surface area contributed by atoms with Crippen LogP contribution in [-0.4, -0.2) is 47.7 Å². The number of carbonyl (C=O) groups excluding carboxylic acids is 2. The van der Waals surface area contributed by atoms with E-state index in [-0.39, 0.29) is 23.7 Å². The first-order valence-corrected chi connectivity index (χ1v) is 7.50. The Hall–Kier alpha value is -2.30. The number of nitrogens with one attached hydrogen (secondary N) is 1. The Labute approximate surface area is 129 Å². The van der Waals surface area contributed by atoms with Crippen molar-refractivity contribution in [3.8, 4) is 0 Å². The molecule has 2 atom stereocenters. The first-order valence-electron chi connectivity index (χ1n) is 7.50. The quantitative estimate of drug-likeness (QED) is 0.936. The summed E-state index contributed by atoms with van der Waals surface area (Å²) in [5.74, 6) is -0.162. The van der Waals surface area contributed by atoms with Crippen LogP contribution in [0.25, 0.3) is 10.9 Å². The normalized spacial score (nSPS) is 20.0. The molecular formula is C17H21N3O2. The van der Waals surface area contributed by atoms with Gasteiger partial charge in [0.05, 0.1) is 11.8 Å². The standard InChI is InChI=1S/C17H21N3O2/c1-19(2)16(21)13-9-14(13)17(22)20(3)10-11-5-4-6-15-12(11)7-8-18-15/h4-8,13-14,18H,9-10H2,1-3H3/t13-,14+/m1/s1. The largest absolute Gasteiger partial charge is 0.361 e. The number of nitrogens with zero attached hydrogens (tertiary/aromatic N) is 2. The molecule has 0 aliphatic heterocycles. The summed E-state index contributed by atoms with van der Waals surface area (Å²) in [6.07, 6.45) is 2.58. The van der Waals surface area contributed by atoms with Crippen molar-refractivity contribution in [3.63, 3.8) is 0 Å². The van der Waals surface area contributed by atoms with Gasteiger partial charge in [-0.1, -0.05) is 12.1 Å². The van der Waals surface area contributed by atoms with E-state index in [1.54, 1.807) is 23.9 Å². The Morgan fingerprint density at radius 1 is 1.14 bits per heavy atom. The van der Waals surface area contributed by atoms with Crippen LogP contribution in [0.4, 0.5) is 0 Å². The highest BCUT2D eigenvalue weighted by Crippen LogP contribution is 2.41. The maximum Gasteiger partial charge on any atom is 0.226 e. The molecule has 1 aromatic heterocycles. The number of carbonyl (C=O) groups is 2. The minimum absolute atomic E-state index is 0.0551. The second-order valence-electron chi connectivity index (χ2n) is 6.23. The van der Waals surface area contributed by atoms with Gasteiger partial charge in [0.25, 0.3) is 0 Å². The molecule has 3 rings (SSSR count). The van der Waals surface area contributed by atoms with Gasteiger partial charge in [-0.3, -0.25) is 9.59 Å². The van der Waals surface area contributed by atoms with Gasteiger partial charge in [0, 0.05) is 44.8 Å². The molecule has 1 N–H and O–H groups in total. The lowest BCUT2D eigenvalue weighted by Crippen LogP contribution is -2.31. The minimum Gasteiger partial charge on any atom is -0.361 e. The predicted molar refractivity (Wildman–Crippen MR) is 85.1 cm³/mol. The van der Waals surface area contributed by atoms with Crippen molar-refractivity contribution in [2.24, 2.45) is 11.8 Å². The maximum absolute atomic E-state index is 12.5. The molecule has 0 radical (unpaired) electrons. The Bertz CT molecular complexity index is 720. The SMILES string of the molecule is CN(C)C(=O)[C@@H]1C[C@@H]1C(=O)N(C)Cc1cccc2[nH]ccc12. The van der Waals surface area contributed by atoms with Gasteiger partial charge >= 0.3 is 0 Å². The number of aromatic nitrogens is 1. The summed E-state index contributed by atoms with van der Waals surface area (Å²) in [6, 6.07) is 8.07. The van der Waals surface area contributed by atoms with Gasteiger partial charge in [-0.05, 0) is 24.1 Å². The summed E-state index contributed by atoms with van der Waals surface area (Å²) in [4.78, 5) is 30.8. The Balaban J connectivity index is 1.68. The van der Waals surface area contributed by atoms with E-state index in [0.29, 0.717) is 13.0 Å². The van der Waals surface area contributed by atoms with E-state index in [0.717, 1.165) is 16.5 Å². The van der Waals surface area contributed by atoms with Crippen molar-refractivity contribution in [3.05, 3.63) is 36.0 Å². The first-order chi connectivity index (χ1) is 10.5. The van der Waals surface area contributed by atoms with Gasteiger partial charge < -0.3 is 14.8 Å². The van der Waals surface area contributed by atoms with Crippen molar-refractivity contribution in [2.45, 2.75) is 13.0 Å². The van der Waals surface area contributed by atoms with E-state index >= 15 is 0 Å². The van der Waals surface area contributed by atoms with Crippen LogP contribution >= 0.6 is 0 Å². The molecule has 1 heterocycles. The van der Waals surface area contributed by atoms with Crippen LogP contribution in [0.1, 0.15) is 12.0 Å². The van der Waals surface area contributed by atoms with Crippen LogP contribution in [0.5, 0.6) is 0 Å². The molecule has 116 valence electrons. The van der Waals surface area contributed by atoms with Gasteiger partial charge in [-0.15, -0.1) is 0 Å². The summed E-state index contributed by atoms with van der Waals surface area (Å²) in [5, 5.41) is 1.14. The number of fused-ring (bicyclic) bond motifs is 1. The highest BCUT2D eigenvalue weighted by Gasteiger charge is 2.49. The van der Waals surface area contributed by atoms with E-state index in [1.807, 2.05) is 37.5 Å². The number of benzene rings is 1. The van der Waals surface area contributed by atoms with Crippen molar-refractivity contribution in [1.29, 1.82) is 0 Å². The molecule has 1 aliphatic carbocycles. The summed E-state index contributed by atoms with van der Waals surface area (Å²) in [5.41, 5.74) is 2.19. The summed E-state index contributed by atoms with van der Waals surface area (Å²) >= 11 is 0. The lowest BCUT2D eigenvalue weighted by atomic mass is 10.1. The third-order valence-electron chi connectivity index (χ3n) is 4.33. The minimum atomic E-state index is -0.148. The van der Waals surface area contributed by atoms with E-state index in [9.17, 15) is 9.59 Å². The fraction of sp³-hybridized carbons (Fsp3) is 0.412. The molecule has 2 amide bonds. The molecule has 0 saturated heterocycles. The number of hydrogen-bond acceptors (Lipinski definition) is 2. The smallest absolute Gasteiger partial charge is 0.226 e. The van der Waals surface area contributed by atoms with Crippen LogP contribution < -0.4 is 0 Å². The van der Waals surface area contributed by atoms with Crippen LogP contribution in [0, 0.1) is 11.8 Å². The molecule has 0 spiro atoms. The van der Waals surface area contributed by atoms with Crippen molar-refractivity contribution >= 4 is 22.7 Å². The van der Waals surface area contributed by atoms with E-state index in [1.165, 1.54) is 0 Å². The highest BCUT2D eigenvalue weighted by atomic mass is 16.2. The van der Waals surface area contributed by atoms with Crippen LogP contribution in [0.15, 0.2) is 30.5 Å². The highest BCUT2D eigenvalue weighted by molar-refractivity contribution is 5.92.